The Bertz CT molecular complexity index is 469. The van der Waals surface area contributed by atoms with Crippen molar-refractivity contribution < 1.29 is 0 Å². The maximum Gasteiger partial charge on any atom is 0.164 e. The number of rotatable bonds is 1. The first kappa shape index (κ1) is 9.19. The van der Waals surface area contributed by atoms with Gasteiger partial charge in [-0.15, -0.1) is 10.2 Å². The van der Waals surface area contributed by atoms with Crippen molar-refractivity contribution in [3.05, 3.63) is 29.2 Å². The summed E-state index contributed by atoms with van der Waals surface area (Å²) < 4.78 is 2.11. The molecule has 0 radical (unpaired) electrons. The first-order valence-electron chi connectivity index (χ1n) is 4.92. The fourth-order valence-electron chi connectivity index (χ4n) is 1.78. The van der Waals surface area contributed by atoms with E-state index in [0.29, 0.717) is 5.92 Å². The number of nitrogens with zero attached hydrogens (tertiary/aromatic N) is 3. The zero-order valence-corrected chi connectivity index (χ0v) is 9.07. The molecule has 0 amide bonds. The number of hydrogen-bond acceptors (Lipinski definition) is 2. The highest BCUT2D eigenvalue weighted by Crippen LogP contribution is 2.20. The van der Waals surface area contributed by atoms with Crippen molar-refractivity contribution >= 4 is 5.65 Å². The van der Waals surface area contributed by atoms with E-state index in [4.69, 9.17) is 0 Å². The molecule has 74 valence electrons. The minimum atomic E-state index is 0.488. The molecule has 2 aromatic rings. The highest BCUT2D eigenvalue weighted by Gasteiger charge is 2.10. The molecule has 3 nitrogen and oxygen atoms in total. The average molecular weight is 189 g/mol. The Kier molecular flexibility index (Phi) is 2.02. The van der Waals surface area contributed by atoms with Gasteiger partial charge in [-0.05, 0) is 31.4 Å². The monoisotopic (exact) mass is 189 g/mol. The Labute approximate surface area is 83.8 Å². The fourth-order valence-corrected chi connectivity index (χ4v) is 1.78. The van der Waals surface area contributed by atoms with Gasteiger partial charge in [0.15, 0.2) is 5.65 Å². The van der Waals surface area contributed by atoms with Gasteiger partial charge in [0.1, 0.15) is 5.82 Å². The van der Waals surface area contributed by atoms with Crippen LogP contribution in [0.5, 0.6) is 0 Å². The molecule has 2 aromatic heterocycles. The molecule has 0 bridgehead atoms. The lowest BCUT2D eigenvalue weighted by atomic mass is 10.0. The summed E-state index contributed by atoms with van der Waals surface area (Å²) >= 11 is 0. The lowest BCUT2D eigenvalue weighted by Crippen LogP contribution is -1.99. The van der Waals surface area contributed by atoms with E-state index in [2.05, 4.69) is 47.5 Å². The number of hydrogen-bond donors (Lipinski definition) is 0. The minimum absolute atomic E-state index is 0.488. The molecular weight excluding hydrogens is 174 g/mol. The van der Waals surface area contributed by atoms with Gasteiger partial charge in [-0.1, -0.05) is 19.9 Å². The Morgan fingerprint density at radius 2 is 1.86 bits per heavy atom. The van der Waals surface area contributed by atoms with E-state index in [-0.39, 0.29) is 0 Å². The predicted molar refractivity (Wildman–Crippen MR) is 56.6 cm³/mol. The zero-order chi connectivity index (χ0) is 10.3. The maximum absolute atomic E-state index is 4.21. The molecule has 14 heavy (non-hydrogen) atoms. The summed E-state index contributed by atoms with van der Waals surface area (Å²) in [5, 5.41) is 8.33. The van der Waals surface area contributed by atoms with Crippen molar-refractivity contribution in [2.75, 3.05) is 0 Å². The molecule has 3 heteroatoms. The molecule has 0 saturated heterocycles. The summed E-state index contributed by atoms with van der Waals surface area (Å²) in [5.74, 6) is 1.45. The summed E-state index contributed by atoms with van der Waals surface area (Å²) in [6.45, 7) is 8.41. The molecule has 0 aliphatic rings. The van der Waals surface area contributed by atoms with Crippen LogP contribution in [0.25, 0.3) is 5.65 Å². The zero-order valence-electron chi connectivity index (χ0n) is 9.07. The van der Waals surface area contributed by atoms with Crippen molar-refractivity contribution in [2.24, 2.45) is 0 Å². The van der Waals surface area contributed by atoms with E-state index in [1.165, 1.54) is 11.3 Å². The van der Waals surface area contributed by atoms with Crippen LogP contribution in [0.4, 0.5) is 0 Å². The SMILES string of the molecule is Cc1ccc(C(C)C)c2nnc(C)n12. The quantitative estimate of drug-likeness (QED) is 0.689. The van der Waals surface area contributed by atoms with Gasteiger partial charge in [0.2, 0.25) is 0 Å². The molecule has 0 N–H and O–H groups in total. The highest BCUT2D eigenvalue weighted by atomic mass is 15.2. The van der Waals surface area contributed by atoms with Crippen molar-refractivity contribution in [3.63, 3.8) is 0 Å². The van der Waals surface area contributed by atoms with Crippen molar-refractivity contribution in [1.29, 1.82) is 0 Å². The van der Waals surface area contributed by atoms with E-state index in [1.54, 1.807) is 0 Å². The second-order valence-corrected chi connectivity index (χ2v) is 3.99. The molecule has 2 rings (SSSR count). The number of pyridine rings is 1. The van der Waals surface area contributed by atoms with Gasteiger partial charge in [-0.25, -0.2) is 0 Å². The van der Waals surface area contributed by atoms with E-state index in [0.717, 1.165) is 11.5 Å². The molecule has 0 atom stereocenters. The second-order valence-electron chi connectivity index (χ2n) is 3.99. The molecule has 0 spiro atoms. The maximum atomic E-state index is 4.21. The van der Waals surface area contributed by atoms with Crippen LogP contribution in [0, 0.1) is 13.8 Å². The van der Waals surface area contributed by atoms with Crippen LogP contribution in [0.2, 0.25) is 0 Å². The van der Waals surface area contributed by atoms with Crippen LogP contribution in [0.15, 0.2) is 12.1 Å². The predicted octanol–water partition coefficient (Wildman–Crippen LogP) is 2.47. The first-order valence-corrected chi connectivity index (χ1v) is 4.92. The van der Waals surface area contributed by atoms with E-state index in [1.807, 2.05) is 6.92 Å². The van der Waals surface area contributed by atoms with Crippen LogP contribution < -0.4 is 0 Å². The van der Waals surface area contributed by atoms with Crippen LogP contribution in [0.3, 0.4) is 0 Å². The van der Waals surface area contributed by atoms with Crippen molar-refractivity contribution in [1.82, 2.24) is 14.6 Å². The van der Waals surface area contributed by atoms with E-state index in [9.17, 15) is 0 Å². The molecular formula is C11H15N3. The summed E-state index contributed by atoms with van der Waals surface area (Å²) in [4.78, 5) is 0. The molecule has 0 aromatic carbocycles. The van der Waals surface area contributed by atoms with Gasteiger partial charge in [-0.3, -0.25) is 4.40 Å². The summed E-state index contributed by atoms with van der Waals surface area (Å²) in [6, 6.07) is 4.27. The Balaban J connectivity index is 2.83. The van der Waals surface area contributed by atoms with Crippen LogP contribution >= 0.6 is 0 Å². The fraction of sp³-hybridized carbons (Fsp3) is 0.455. The lowest BCUT2D eigenvalue weighted by molar-refractivity contribution is 0.857. The topological polar surface area (TPSA) is 30.2 Å². The normalized spacial score (nSPS) is 11.5. The van der Waals surface area contributed by atoms with Gasteiger partial charge in [0, 0.05) is 5.69 Å². The summed E-state index contributed by atoms with van der Waals surface area (Å²) in [7, 11) is 0. The molecule has 0 saturated carbocycles. The van der Waals surface area contributed by atoms with Crippen molar-refractivity contribution in [3.8, 4) is 0 Å². The molecule has 2 heterocycles. The molecule has 0 aliphatic heterocycles. The third kappa shape index (κ3) is 1.20. The number of aromatic nitrogens is 3. The van der Waals surface area contributed by atoms with Crippen LogP contribution in [-0.2, 0) is 0 Å². The Hall–Kier alpha value is -1.38. The van der Waals surface area contributed by atoms with E-state index < -0.39 is 0 Å². The Morgan fingerprint density at radius 1 is 1.14 bits per heavy atom. The number of fused-ring (bicyclic) bond motifs is 1. The van der Waals surface area contributed by atoms with Crippen LogP contribution in [-0.4, -0.2) is 14.6 Å². The third-order valence-electron chi connectivity index (χ3n) is 2.56. The molecule has 0 unspecified atom stereocenters. The summed E-state index contributed by atoms with van der Waals surface area (Å²) in [6.07, 6.45) is 0. The second kappa shape index (κ2) is 3.08. The van der Waals surface area contributed by atoms with Gasteiger partial charge in [0.25, 0.3) is 0 Å². The van der Waals surface area contributed by atoms with E-state index >= 15 is 0 Å². The van der Waals surface area contributed by atoms with Gasteiger partial charge in [0.05, 0.1) is 0 Å². The average Bonchev–Trinajstić information content (AvgIpc) is 2.49. The van der Waals surface area contributed by atoms with Gasteiger partial charge >= 0.3 is 0 Å². The number of aryl methyl sites for hydroxylation is 2. The molecule has 0 fully saturated rings. The van der Waals surface area contributed by atoms with Crippen LogP contribution in [0.1, 0.15) is 36.8 Å². The molecule has 0 aliphatic carbocycles. The van der Waals surface area contributed by atoms with Crippen molar-refractivity contribution in [2.45, 2.75) is 33.6 Å². The minimum Gasteiger partial charge on any atom is -0.284 e. The Morgan fingerprint density at radius 3 is 2.50 bits per heavy atom. The largest absolute Gasteiger partial charge is 0.284 e. The summed E-state index contributed by atoms with van der Waals surface area (Å²) in [5.41, 5.74) is 3.44. The lowest BCUT2D eigenvalue weighted by Gasteiger charge is -2.08. The smallest absolute Gasteiger partial charge is 0.164 e. The van der Waals surface area contributed by atoms with Gasteiger partial charge < -0.3 is 0 Å². The highest BCUT2D eigenvalue weighted by molar-refractivity contribution is 5.50. The van der Waals surface area contributed by atoms with Gasteiger partial charge in [-0.2, -0.15) is 0 Å². The third-order valence-corrected chi connectivity index (χ3v) is 2.56. The first-order chi connectivity index (χ1) is 6.61. The standard InChI is InChI=1S/C11H15N3/c1-7(2)10-6-5-8(3)14-9(4)12-13-11(10)14/h5-7H,1-4H3.